The first-order valence-electron chi connectivity index (χ1n) is 6.18. The second-order valence-electron chi connectivity index (χ2n) is 4.45. The molecule has 0 atom stereocenters. The average Bonchev–Trinajstić information content (AvgIpc) is 2.81. The first kappa shape index (κ1) is 12.1. The molecular weight excluding hydrogens is 241 g/mol. The maximum absolute atomic E-state index is 5.72. The Labute approximate surface area is 112 Å². The van der Waals surface area contributed by atoms with Crippen LogP contribution in [0.3, 0.4) is 0 Å². The second kappa shape index (κ2) is 4.94. The van der Waals surface area contributed by atoms with Crippen LogP contribution in [0.4, 0.5) is 0 Å². The molecule has 3 rings (SSSR count). The maximum atomic E-state index is 5.72. The number of methoxy groups -OCH3 is 1. The van der Waals surface area contributed by atoms with Gasteiger partial charge in [0.05, 0.1) is 19.9 Å². The van der Waals surface area contributed by atoms with Crippen molar-refractivity contribution in [1.29, 1.82) is 0 Å². The third kappa shape index (κ3) is 2.42. The highest BCUT2D eigenvalue weighted by atomic mass is 16.5. The van der Waals surface area contributed by atoms with Crippen molar-refractivity contribution >= 4 is 12.4 Å². The van der Waals surface area contributed by atoms with E-state index in [0.717, 1.165) is 5.75 Å². The number of aromatic nitrogens is 1. The summed E-state index contributed by atoms with van der Waals surface area (Å²) in [5.74, 6) is 2.03. The minimum absolute atomic E-state index is 0.170. The normalized spacial score (nSPS) is 13.3. The lowest BCUT2D eigenvalue weighted by Crippen LogP contribution is -2.23. The predicted molar refractivity (Wildman–Crippen MR) is 73.3 cm³/mol. The van der Waals surface area contributed by atoms with Crippen LogP contribution in [0.15, 0.2) is 36.5 Å². The summed E-state index contributed by atoms with van der Waals surface area (Å²) < 4.78 is 16.3. The van der Waals surface area contributed by atoms with Gasteiger partial charge in [0, 0.05) is 6.07 Å². The standard InChI is InChI=1S/C14H14BNO3/c1-15-13-5-3-11(7-10(13)9-18-15)19-14-6-4-12(17-2)8-16-14/h3-8H,9H2,1-2H3. The van der Waals surface area contributed by atoms with Crippen molar-refractivity contribution in [3.8, 4) is 17.4 Å². The van der Waals surface area contributed by atoms with Gasteiger partial charge < -0.3 is 14.1 Å². The number of pyridine rings is 1. The second-order valence-corrected chi connectivity index (χ2v) is 4.45. The molecular formula is C14H14BNO3. The van der Waals surface area contributed by atoms with Gasteiger partial charge in [0.1, 0.15) is 11.5 Å². The number of ether oxygens (including phenoxy) is 2. The highest BCUT2D eigenvalue weighted by Gasteiger charge is 2.23. The molecule has 0 N–H and O–H groups in total. The summed E-state index contributed by atoms with van der Waals surface area (Å²) in [5, 5.41) is 0. The number of benzene rings is 1. The Morgan fingerprint density at radius 3 is 2.79 bits per heavy atom. The van der Waals surface area contributed by atoms with Gasteiger partial charge >= 0.3 is 6.92 Å². The predicted octanol–water partition coefficient (Wildman–Crippen LogP) is 2.24. The van der Waals surface area contributed by atoms with Gasteiger partial charge in [-0.05, 0) is 29.2 Å². The lowest BCUT2D eigenvalue weighted by atomic mass is 9.64. The molecule has 0 saturated carbocycles. The first-order valence-corrected chi connectivity index (χ1v) is 6.18. The van der Waals surface area contributed by atoms with Crippen LogP contribution in [0.25, 0.3) is 0 Å². The van der Waals surface area contributed by atoms with Crippen molar-refractivity contribution in [2.45, 2.75) is 13.4 Å². The van der Waals surface area contributed by atoms with Gasteiger partial charge in [-0.1, -0.05) is 12.9 Å². The summed E-state index contributed by atoms with van der Waals surface area (Å²) in [6, 6.07) is 9.60. The average molecular weight is 255 g/mol. The van der Waals surface area contributed by atoms with Crippen LogP contribution in [0.5, 0.6) is 17.4 Å². The molecule has 19 heavy (non-hydrogen) atoms. The summed E-state index contributed by atoms with van der Waals surface area (Å²) in [6.45, 7) is 2.87. The van der Waals surface area contributed by atoms with E-state index in [1.165, 1.54) is 11.0 Å². The molecule has 1 aliphatic heterocycles. The third-order valence-electron chi connectivity index (χ3n) is 3.21. The van der Waals surface area contributed by atoms with Crippen molar-refractivity contribution in [3.05, 3.63) is 42.1 Å². The highest BCUT2D eigenvalue weighted by molar-refractivity contribution is 6.67. The fourth-order valence-electron chi connectivity index (χ4n) is 2.14. The molecule has 0 unspecified atom stereocenters. The van der Waals surface area contributed by atoms with Gasteiger partial charge in [0.25, 0.3) is 0 Å². The zero-order valence-corrected chi connectivity index (χ0v) is 10.9. The Hall–Kier alpha value is -2.01. The van der Waals surface area contributed by atoms with E-state index in [1.807, 2.05) is 24.3 Å². The van der Waals surface area contributed by atoms with Crippen LogP contribution >= 0.6 is 0 Å². The molecule has 96 valence electrons. The molecule has 0 saturated heterocycles. The van der Waals surface area contributed by atoms with Crippen LogP contribution in [-0.4, -0.2) is 19.0 Å². The largest absolute Gasteiger partial charge is 0.495 e. The van der Waals surface area contributed by atoms with Crippen LogP contribution in [-0.2, 0) is 11.3 Å². The van der Waals surface area contributed by atoms with Crippen LogP contribution < -0.4 is 14.9 Å². The molecule has 1 aliphatic rings. The van der Waals surface area contributed by atoms with E-state index in [-0.39, 0.29) is 6.92 Å². The molecule has 2 heterocycles. The molecule has 4 nitrogen and oxygen atoms in total. The van der Waals surface area contributed by atoms with Crippen molar-refractivity contribution < 1.29 is 14.1 Å². The van der Waals surface area contributed by atoms with Crippen LogP contribution in [0, 0.1) is 0 Å². The molecule has 0 amide bonds. The van der Waals surface area contributed by atoms with Crippen molar-refractivity contribution in [3.63, 3.8) is 0 Å². The van der Waals surface area contributed by atoms with Gasteiger partial charge in [0.2, 0.25) is 5.88 Å². The maximum Gasteiger partial charge on any atom is 0.324 e. The Morgan fingerprint density at radius 1 is 1.21 bits per heavy atom. The van der Waals surface area contributed by atoms with Crippen molar-refractivity contribution in [2.75, 3.05) is 7.11 Å². The van der Waals surface area contributed by atoms with E-state index in [4.69, 9.17) is 14.1 Å². The quantitative estimate of drug-likeness (QED) is 0.788. The van der Waals surface area contributed by atoms with Gasteiger partial charge in [-0.3, -0.25) is 0 Å². The lowest BCUT2D eigenvalue weighted by molar-refractivity contribution is 0.333. The Bertz CT molecular complexity index is 586. The first-order chi connectivity index (χ1) is 9.26. The number of fused-ring (bicyclic) bond motifs is 1. The van der Waals surface area contributed by atoms with Gasteiger partial charge in [-0.15, -0.1) is 0 Å². The molecule has 0 spiro atoms. The van der Waals surface area contributed by atoms with Crippen molar-refractivity contribution in [2.24, 2.45) is 0 Å². The molecule has 1 aromatic carbocycles. The zero-order chi connectivity index (χ0) is 13.2. The monoisotopic (exact) mass is 255 g/mol. The summed E-state index contributed by atoms with van der Waals surface area (Å²) in [5.41, 5.74) is 2.41. The Morgan fingerprint density at radius 2 is 2.05 bits per heavy atom. The highest BCUT2D eigenvalue weighted by Crippen LogP contribution is 2.23. The minimum Gasteiger partial charge on any atom is -0.495 e. The lowest BCUT2D eigenvalue weighted by Gasteiger charge is -2.07. The summed E-state index contributed by atoms with van der Waals surface area (Å²) in [7, 11) is 1.61. The molecule has 0 radical (unpaired) electrons. The van der Waals surface area contributed by atoms with Crippen molar-refractivity contribution in [1.82, 2.24) is 4.98 Å². The van der Waals surface area contributed by atoms with Gasteiger partial charge in [-0.2, -0.15) is 0 Å². The van der Waals surface area contributed by atoms with Crippen LogP contribution in [0.2, 0.25) is 6.82 Å². The van der Waals surface area contributed by atoms with E-state index in [0.29, 0.717) is 18.2 Å². The fraction of sp³-hybridized carbons (Fsp3) is 0.214. The molecule has 0 fully saturated rings. The number of hydrogen-bond donors (Lipinski definition) is 0. The fourth-order valence-corrected chi connectivity index (χ4v) is 2.14. The van der Waals surface area contributed by atoms with E-state index < -0.39 is 0 Å². The smallest absolute Gasteiger partial charge is 0.324 e. The zero-order valence-electron chi connectivity index (χ0n) is 10.9. The van der Waals surface area contributed by atoms with E-state index >= 15 is 0 Å². The topological polar surface area (TPSA) is 40.6 Å². The van der Waals surface area contributed by atoms with E-state index in [1.54, 1.807) is 19.4 Å². The van der Waals surface area contributed by atoms with E-state index in [2.05, 4.69) is 11.8 Å². The molecule has 1 aromatic heterocycles. The van der Waals surface area contributed by atoms with Crippen LogP contribution in [0.1, 0.15) is 5.56 Å². The Balaban J connectivity index is 1.79. The number of hydrogen-bond acceptors (Lipinski definition) is 4. The summed E-state index contributed by atoms with van der Waals surface area (Å²) in [4.78, 5) is 4.17. The molecule has 0 aliphatic carbocycles. The SMILES string of the molecule is COc1ccc(Oc2ccc3c(c2)COB3C)nc1. The Kier molecular flexibility index (Phi) is 3.13. The number of nitrogens with zero attached hydrogens (tertiary/aromatic N) is 1. The molecule has 0 bridgehead atoms. The number of rotatable bonds is 3. The van der Waals surface area contributed by atoms with E-state index in [9.17, 15) is 0 Å². The summed E-state index contributed by atoms with van der Waals surface area (Å²) >= 11 is 0. The minimum atomic E-state index is 0.170. The van der Waals surface area contributed by atoms with Gasteiger partial charge in [0.15, 0.2) is 0 Å². The third-order valence-corrected chi connectivity index (χ3v) is 3.21. The molecule has 2 aromatic rings. The van der Waals surface area contributed by atoms with Gasteiger partial charge in [-0.25, -0.2) is 4.98 Å². The summed E-state index contributed by atoms with van der Waals surface area (Å²) in [6.07, 6.45) is 1.63. The molecule has 5 heteroatoms.